The SMILES string of the molecule is CC1CSc2ccc(Br)cc2C1NC(=O)C[C@@H]1CCC[C@H]1N. The third-order valence-electron chi connectivity index (χ3n) is 4.86. The summed E-state index contributed by atoms with van der Waals surface area (Å²) in [6, 6.07) is 6.66. The van der Waals surface area contributed by atoms with Gasteiger partial charge in [-0.1, -0.05) is 29.3 Å². The van der Waals surface area contributed by atoms with Gasteiger partial charge in [-0.15, -0.1) is 11.8 Å². The molecule has 2 unspecified atom stereocenters. The fourth-order valence-corrected chi connectivity index (χ4v) is 5.06. The van der Waals surface area contributed by atoms with Crippen LogP contribution in [0.5, 0.6) is 0 Å². The van der Waals surface area contributed by atoms with Gasteiger partial charge in [0.25, 0.3) is 0 Å². The van der Waals surface area contributed by atoms with Gasteiger partial charge in [-0.3, -0.25) is 4.79 Å². The zero-order valence-corrected chi connectivity index (χ0v) is 15.3. The highest BCUT2D eigenvalue weighted by Crippen LogP contribution is 2.40. The Bertz CT molecular complexity index is 566. The number of hydrogen-bond acceptors (Lipinski definition) is 3. The van der Waals surface area contributed by atoms with E-state index < -0.39 is 0 Å². The first kappa shape index (κ1) is 16.3. The van der Waals surface area contributed by atoms with E-state index in [0.717, 1.165) is 29.5 Å². The fraction of sp³-hybridized carbons (Fsp3) is 0.588. The highest BCUT2D eigenvalue weighted by Gasteiger charge is 2.31. The third kappa shape index (κ3) is 3.52. The largest absolute Gasteiger partial charge is 0.349 e. The minimum atomic E-state index is 0.110. The Hall–Kier alpha value is -0.520. The van der Waals surface area contributed by atoms with Crippen molar-refractivity contribution in [1.29, 1.82) is 0 Å². The van der Waals surface area contributed by atoms with Gasteiger partial charge in [0.1, 0.15) is 0 Å². The first-order valence-corrected chi connectivity index (χ1v) is 9.79. The molecule has 1 aromatic rings. The molecular weight excluding hydrogens is 360 g/mol. The smallest absolute Gasteiger partial charge is 0.220 e. The summed E-state index contributed by atoms with van der Waals surface area (Å²) in [6.45, 7) is 2.21. The first-order valence-electron chi connectivity index (χ1n) is 8.02. The van der Waals surface area contributed by atoms with Crippen molar-refractivity contribution in [3.63, 3.8) is 0 Å². The molecule has 0 aromatic heterocycles. The summed E-state index contributed by atoms with van der Waals surface area (Å²) in [7, 11) is 0. The molecule has 5 heteroatoms. The molecule has 120 valence electrons. The Kier molecular flexibility index (Phi) is 5.15. The number of carbonyl (C=O) groups excluding carboxylic acids is 1. The van der Waals surface area contributed by atoms with E-state index in [1.54, 1.807) is 0 Å². The Balaban J connectivity index is 1.71. The molecule has 3 rings (SSSR count). The summed E-state index contributed by atoms with van der Waals surface area (Å²) in [6.07, 6.45) is 3.88. The number of halogens is 1. The van der Waals surface area contributed by atoms with Crippen molar-refractivity contribution < 1.29 is 4.79 Å². The lowest BCUT2D eigenvalue weighted by Gasteiger charge is -2.32. The highest BCUT2D eigenvalue weighted by atomic mass is 79.9. The number of rotatable bonds is 3. The van der Waals surface area contributed by atoms with Crippen molar-refractivity contribution in [3.8, 4) is 0 Å². The first-order chi connectivity index (χ1) is 10.5. The average Bonchev–Trinajstić information content (AvgIpc) is 2.87. The summed E-state index contributed by atoms with van der Waals surface area (Å²) in [5.41, 5.74) is 7.33. The van der Waals surface area contributed by atoms with Crippen LogP contribution in [-0.2, 0) is 4.79 Å². The molecule has 22 heavy (non-hydrogen) atoms. The van der Waals surface area contributed by atoms with Gasteiger partial charge in [0.2, 0.25) is 5.91 Å². The minimum Gasteiger partial charge on any atom is -0.349 e. The molecular formula is C17H23BrN2OS. The summed E-state index contributed by atoms with van der Waals surface area (Å²) in [5, 5.41) is 3.27. The molecule has 0 spiro atoms. The number of hydrogen-bond donors (Lipinski definition) is 2. The van der Waals surface area contributed by atoms with Crippen LogP contribution in [0.1, 0.15) is 44.2 Å². The van der Waals surface area contributed by atoms with Crippen LogP contribution in [0.3, 0.4) is 0 Å². The topological polar surface area (TPSA) is 55.1 Å². The van der Waals surface area contributed by atoms with Gasteiger partial charge in [-0.05, 0) is 48.4 Å². The maximum absolute atomic E-state index is 12.5. The van der Waals surface area contributed by atoms with Crippen LogP contribution in [0.2, 0.25) is 0 Å². The van der Waals surface area contributed by atoms with Crippen LogP contribution in [0, 0.1) is 11.8 Å². The molecule has 1 saturated carbocycles. The van der Waals surface area contributed by atoms with E-state index in [9.17, 15) is 4.79 Å². The third-order valence-corrected chi connectivity index (χ3v) is 6.73. The van der Waals surface area contributed by atoms with E-state index in [4.69, 9.17) is 5.73 Å². The predicted molar refractivity (Wildman–Crippen MR) is 94.8 cm³/mol. The molecule has 1 heterocycles. The summed E-state index contributed by atoms with van der Waals surface area (Å²) in [5.74, 6) is 1.99. The van der Waals surface area contributed by atoms with E-state index >= 15 is 0 Å². The van der Waals surface area contributed by atoms with E-state index in [1.807, 2.05) is 11.8 Å². The van der Waals surface area contributed by atoms with E-state index in [1.165, 1.54) is 10.5 Å². The van der Waals surface area contributed by atoms with Gasteiger partial charge < -0.3 is 11.1 Å². The van der Waals surface area contributed by atoms with Crippen LogP contribution < -0.4 is 11.1 Å². The molecule has 0 bridgehead atoms. The van der Waals surface area contributed by atoms with Crippen molar-refractivity contribution in [2.45, 2.75) is 49.6 Å². The number of amides is 1. The van der Waals surface area contributed by atoms with Crippen molar-refractivity contribution in [2.24, 2.45) is 17.6 Å². The molecule has 3 N–H and O–H groups in total. The molecule has 2 aliphatic rings. The second kappa shape index (κ2) is 6.93. The van der Waals surface area contributed by atoms with Gasteiger partial charge in [0, 0.05) is 27.6 Å². The van der Waals surface area contributed by atoms with Crippen molar-refractivity contribution >= 4 is 33.6 Å². The second-order valence-electron chi connectivity index (χ2n) is 6.57. The van der Waals surface area contributed by atoms with Crippen molar-refractivity contribution in [1.82, 2.24) is 5.32 Å². The standard InChI is InChI=1S/C17H23BrN2OS/c1-10-9-22-15-6-5-12(18)8-13(15)17(10)20-16(21)7-11-3-2-4-14(11)19/h5-6,8,10-11,14,17H,2-4,7,9,19H2,1H3,(H,20,21)/t10?,11-,14+,17?/m0/s1. The lowest BCUT2D eigenvalue weighted by atomic mass is 9.94. The average molecular weight is 383 g/mol. The summed E-state index contributed by atoms with van der Waals surface area (Å²) >= 11 is 5.42. The number of benzene rings is 1. The Morgan fingerprint density at radius 3 is 3.00 bits per heavy atom. The van der Waals surface area contributed by atoms with Gasteiger partial charge in [0.05, 0.1) is 6.04 Å². The molecule has 0 saturated heterocycles. The predicted octanol–water partition coefficient (Wildman–Crippen LogP) is 3.87. The van der Waals surface area contributed by atoms with Crippen LogP contribution in [0.4, 0.5) is 0 Å². The van der Waals surface area contributed by atoms with Gasteiger partial charge in [-0.2, -0.15) is 0 Å². The monoisotopic (exact) mass is 382 g/mol. The number of carbonyl (C=O) groups is 1. The lowest BCUT2D eigenvalue weighted by Crippen LogP contribution is -2.37. The van der Waals surface area contributed by atoms with Crippen molar-refractivity contribution in [2.75, 3.05) is 5.75 Å². The molecule has 1 fully saturated rings. The quantitative estimate of drug-likeness (QED) is 0.833. The maximum Gasteiger partial charge on any atom is 0.220 e. The number of fused-ring (bicyclic) bond motifs is 1. The normalized spacial score (nSPS) is 30.9. The molecule has 1 aromatic carbocycles. The van der Waals surface area contributed by atoms with Gasteiger partial charge in [0.15, 0.2) is 0 Å². The van der Waals surface area contributed by atoms with Crippen LogP contribution in [0.15, 0.2) is 27.6 Å². The Labute approximate surface area is 144 Å². The van der Waals surface area contributed by atoms with Crippen LogP contribution in [-0.4, -0.2) is 17.7 Å². The van der Waals surface area contributed by atoms with E-state index in [-0.39, 0.29) is 18.0 Å². The molecule has 3 nitrogen and oxygen atoms in total. The minimum absolute atomic E-state index is 0.110. The molecule has 1 amide bonds. The van der Waals surface area contributed by atoms with Crippen LogP contribution >= 0.6 is 27.7 Å². The zero-order chi connectivity index (χ0) is 15.7. The van der Waals surface area contributed by atoms with E-state index in [0.29, 0.717) is 18.3 Å². The fourth-order valence-electron chi connectivity index (χ4n) is 3.53. The molecule has 1 aliphatic carbocycles. The van der Waals surface area contributed by atoms with Gasteiger partial charge >= 0.3 is 0 Å². The van der Waals surface area contributed by atoms with Crippen LogP contribution in [0.25, 0.3) is 0 Å². The van der Waals surface area contributed by atoms with E-state index in [2.05, 4.69) is 46.4 Å². The Morgan fingerprint density at radius 2 is 2.27 bits per heavy atom. The lowest BCUT2D eigenvalue weighted by molar-refractivity contribution is -0.123. The number of thioether (sulfide) groups is 1. The summed E-state index contributed by atoms with van der Waals surface area (Å²) < 4.78 is 1.07. The molecule has 4 atom stereocenters. The molecule has 0 radical (unpaired) electrons. The maximum atomic E-state index is 12.5. The summed E-state index contributed by atoms with van der Waals surface area (Å²) in [4.78, 5) is 13.7. The zero-order valence-electron chi connectivity index (χ0n) is 12.8. The number of nitrogens with one attached hydrogen (secondary N) is 1. The van der Waals surface area contributed by atoms with Crippen molar-refractivity contribution in [3.05, 3.63) is 28.2 Å². The second-order valence-corrected chi connectivity index (χ2v) is 8.55. The highest BCUT2D eigenvalue weighted by molar-refractivity contribution is 9.10. The van der Waals surface area contributed by atoms with Gasteiger partial charge in [-0.25, -0.2) is 0 Å². The molecule has 1 aliphatic heterocycles. The Morgan fingerprint density at radius 1 is 1.45 bits per heavy atom. The number of nitrogens with two attached hydrogens (primary N) is 1.